The van der Waals surface area contributed by atoms with Crippen LogP contribution >= 0.6 is 11.6 Å². The van der Waals surface area contributed by atoms with Crippen molar-refractivity contribution in [3.63, 3.8) is 0 Å². The van der Waals surface area contributed by atoms with Gasteiger partial charge in [-0.25, -0.2) is 4.39 Å². The van der Waals surface area contributed by atoms with E-state index in [4.69, 9.17) is 21.1 Å². The minimum atomic E-state index is -0.410. The summed E-state index contributed by atoms with van der Waals surface area (Å²) in [5, 5.41) is 3.47. The molecule has 1 heterocycles. The van der Waals surface area contributed by atoms with Crippen molar-refractivity contribution < 1.29 is 13.9 Å². The first-order valence-corrected chi connectivity index (χ1v) is 7.12. The Kier molecular flexibility index (Phi) is 3.88. The maximum absolute atomic E-state index is 13.2. The molecule has 2 aromatic rings. The molecule has 1 atom stereocenters. The summed E-state index contributed by atoms with van der Waals surface area (Å²) in [5.41, 5.74) is 1.82. The van der Waals surface area contributed by atoms with Crippen molar-refractivity contribution in [2.45, 2.75) is 13.0 Å². The fraction of sp³-hybridized carbons (Fsp3) is 0.250. The van der Waals surface area contributed by atoms with Crippen LogP contribution in [0.4, 0.5) is 10.1 Å². The average molecular weight is 308 g/mol. The van der Waals surface area contributed by atoms with E-state index in [1.54, 1.807) is 12.1 Å². The number of fused-ring (bicyclic) bond motifs is 1. The molecule has 1 unspecified atom stereocenters. The van der Waals surface area contributed by atoms with Gasteiger partial charge in [-0.2, -0.15) is 0 Å². The van der Waals surface area contributed by atoms with Gasteiger partial charge >= 0.3 is 0 Å². The summed E-state index contributed by atoms with van der Waals surface area (Å²) in [5.74, 6) is 1.08. The molecule has 0 aliphatic carbocycles. The third-order valence-electron chi connectivity index (χ3n) is 3.37. The highest BCUT2D eigenvalue weighted by molar-refractivity contribution is 6.30. The van der Waals surface area contributed by atoms with Crippen LogP contribution in [0.15, 0.2) is 36.4 Å². The Labute approximate surface area is 127 Å². The Morgan fingerprint density at radius 1 is 1.10 bits per heavy atom. The predicted molar refractivity (Wildman–Crippen MR) is 80.9 cm³/mol. The predicted octanol–water partition coefficient (Wildman–Crippen LogP) is 4.42. The summed E-state index contributed by atoms with van der Waals surface area (Å²) in [6.45, 7) is 3.12. The third kappa shape index (κ3) is 3.05. The average Bonchev–Trinajstić information content (AvgIpc) is 2.50. The van der Waals surface area contributed by atoms with Gasteiger partial charge in [0.15, 0.2) is 11.5 Å². The summed E-state index contributed by atoms with van der Waals surface area (Å²) in [6, 6.07) is 10.4. The molecule has 0 bridgehead atoms. The lowest BCUT2D eigenvalue weighted by Gasteiger charge is -2.21. The van der Waals surface area contributed by atoms with E-state index in [-0.39, 0.29) is 11.1 Å². The number of nitrogens with one attached hydrogen (secondary N) is 1. The molecule has 0 spiro atoms. The quantitative estimate of drug-likeness (QED) is 0.910. The molecular weight excluding hydrogens is 293 g/mol. The second-order valence-electron chi connectivity index (χ2n) is 4.90. The van der Waals surface area contributed by atoms with Gasteiger partial charge in [-0.15, -0.1) is 0 Å². The first kappa shape index (κ1) is 14.0. The van der Waals surface area contributed by atoms with Crippen LogP contribution < -0.4 is 14.8 Å². The van der Waals surface area contributed by atoms with Crippen molar-refractivity contribution in [1.29, 1.82) is 0 Å². The zero-order valence-electron chi connectivity index (χ0n) is 11.5. The maximum atomic E-state index is 13.2. The summed E-state index contributed by atoms with van der Waals surface area (Å²) in [4.78, 5) is 0. The molecule has 5 heteroatoms. The van der Waals surface area contributed by atoms with Crippen molar-refractivity contribution >= 4 is 17.3 Å². The second-order valence-corrected chi connectivity index (χ2v) is 5.31. The first-order chi connectivity index (χ1) is 10.1. The smallest absolute Gasteiger partial charge is 0.163 e. The first-order valence-electron chi connectivity index (χ1n) is 6.74. The molecule has 0 saturated heterocycles. The van der Waals surface area contributed by atoms with E-state index in [1.165, 1.54) is 6.07 Å². The van der Waals surface area contributed by atoms with Crippen LogP contribution in [0.3, 0.4) is 0 Å². The molecule has 1 aliphatic heterocycles. The van der Waals surface area contributed by atoms with Crippen molar-refractivity contribution in [1.82, 2.24) is 0 Å². The minimum Gasteiger partial charge on any atom is -0.486 e. The molecule has 3 rings (SSSR count). The molecule has 0 saturated carbocycles. The van der Waals surface area contributed by atoms with Crippen LogP contribution in [0.25, 0.3) is 0 Å². The standard InChI is InChI=1S/C16H15ClFNO2/c1-10(11-2-4-14(18)13(17)8-11)19-12-3-5-15-16(9-12)21-7-6-20-15/h2-5,8-10,19H,6-7H2,1H3. The molecular formula is C16H15ClFNO2. The van der Waals surface area contributed by atoms with Gasteiger partial charge in [0.1, 0.15) is 19.0 Å². The monoisotopic (exact) mass is 307 g/mol. The van der Waals surface area contributed by atoms with Crippen LogP contribution in [0.1, 0.15) is 18.5 Å². The Balaban J connectivity index is 1.77. The van der Waals surface area contributed by atoms with Gasteiger partial charge in [-0.1, -0.05) is 17.7 Å². The Bertz CT molecular complexity index is 663. The second kappa shape index (κ2) is 5.82. The third-order valence-corrected chi connectivity index (χ3v) is 3.66. The lowest BCUT2D eigenvalue weighted by Crippen LogP contribution is -2.15. The Morgan fingerprint density at radius 3 is 2.62 bits per heavy atom. The van der Waals surface area contributed by atoms with Gasteiger partial charge < -0.3 is 14.8 Å². The van der Waals surface area contributed by atoms with Gasteiger partial charge in [0.05, 0.1) is 5.02 Å². The number of hydrogen-bond donors (Lipinski definition) is 1. The Hall–Kier alpha value is -1.94. The molecule has 2 aromatic carbocycles. The molecule has 3 nitrogen and oxygen atoms in total. The highest BCUT2D eigenvalue weighted by atomic mass is 35.5. The molecule has 1 aliphatic rings. The molecule has 0 radical (unpaired) electrons. The van der Waals surface area contributed by atoms with E-state index in [0.29, 0.717) is 13.2 Å². The van der Waals surface area contributed by atoms with E-state index < -0.39 is 5.82 Å². The number of halogens is 2. The van der Waals surface area contributed by atoms with Crippen molar-refractivity contribution in [3.05, 3.63) is 52.8 Å². The van der Waals surface area contributed by atoms with E-state index >= 15 is 0 Å². The number of anilines is 1. The molecule has 0 amide bonds. The molecule has 0 aromatic heterocycles. The van der Waals surface area contributed by atoms with Crippen LogP contribution in [0.2, 0.25) is 5.02 Å². The van der Waals surface area contributed by atoms with E-state index in [0.717, 1.165) is 22.7 Å². The number of rotatable bonds is 3. The summed E-state index contributed by atoms with van der Waals surface area (Å²) in [7, 11) is 0. The zero-order chi connectivity index (χ0) is 14.8. The topological polar surface area (TPSA) is 30.5 Å². The van der Waals surface area contributed by atoms with Gasteiger partial charge in [0.2, 0.25) is 0 Å². The maximum Gasteiger partial charge on any atom is 0.163 e. The van der Waals surface area contributed by atoms with Crippen molar-refractivity contribution in [2.24, 2.45) is 0 Å². The highest BCUT2D eigenvalue weighted by Gasteiger charge is 2.13. The normalized spacial score (nSPS) is 14.6. The fourth-order valence-electron chi connectivity index (χ4n) is 2.25. The van der Waals surface area contributed by atoms with Gasteiger partial charge in [0, 0.05) is 17.8 Å². The molecule has 21 heavy (non-hydrogen) atoms. The van der Waals surface area contributed by atoms with Crippen LogP contribution in [-0.2, 0) is 0 Å². The SMILES string of the molecule is CC(Nc1ccc2c(c1)OCCO2)c1ccc(F)c(Cl)c1. The van der Waals surface area contributed by atoms with Crippen molar-refractivity contribution in [3.8, 4) is 11.5 Å². The summed E-state index contributed by atoms with van der Waals surface area (Å²) >= 11 is 5.82. The summed E-state index contributed by atoms with van der Waals surface area (Å²) in [6.07, 6.45) is 0. The van der Waals surface area contributed by atoms with Crippen LogP contribution in [0, 0.1) is 5.82 Å². The van der Waals surface area contributed by atoms with Crippen LogP contribution in [0.5, 0.6) is 11.5 Å². The highest BCUT2D eigenvalue weighted by Crippen LogP contribution is 2.34. The van der Waals surface area contributed by atoms with E-state index in [2.05, 4.69) is 5.32 Å². The van der Waals surface area contributed by atoms with Crippen LogP contribution in [-0.4, -0.2) is 13.2 Å². The largest absolute Gasteiger partial charge is 0.486 e. The van der Waals surface area contributed by atoms with Gasteiger partial charge in [0.25, 0.3) is 0 Å². The molecule has 1 N–H and O–H groups in total. The van der Waals surface area contributed by atoms with Gasteiger partial charge in [-0.3, -0.25) is 0 Å². The van der Waals surface area contributed by atoms with Gasteiger partial charge in [-0.05, 0) is 36.8 Å². The molecule has 0 fully saturated rings. The zero-order valence-corrected chi connectivity index (χ0v) is 12.3. The Morgan fingerprint density at radius 2 is 1.86 bits per heavy atom. The summed E-state index contributed by atoms with van der Waals surface area (Å²) < 4.78 is 24.2. The lowest BCUT2D eigenvalue weighted by atomic mass is 10.1. The number of benzene rings is 2. The number of ether oxygens (including phenoxy) is 2. The minimum absolute atomic E-state index is 0.00865. The lowest BCUT2D eigenvalue weighted by molar-refractivity contribution is 0.171. The fourth-order valence-corrected chi connectivity index (χ4v) is 2.44. The number of hydrogen-bond acceptors (Lipinski definition) is 3. The van der Waals surface area contributed by atoms with E-state index in [9.17, 15) is 4.39 Å². The van der Waals surface area contributed by atoms with Crippen molar-refractivity contribution in [2.75, 3.05) is 18.5 Å². The van der Waals surface area contributed by atoms with E-state index in [1.807, 2.05) is 25.1 Å². The molecule has 110 valence electrons.